The van der Waals surface area contributed by atoms with Gasteiger partial charge in [0.1, 0.15) is 0 Å². The molecule has 0 spiro atoms. The standard InChI is InChI=1S/C17H26BrNO/c1-10-7-12(8-11(2)14(10)18)15(19)13-9-16(3,4)20-17(13,5)6/h7-8,13,15H,9,19H2,1-6H3. The van der Waals surface area contributed by atoms with Crippen LogP contribution in [0.2, 0.25) is 0 Å². The Morgan fingerprint density at radius 3 is 2.10 bits per heavy atom. The second-order valence-electron chi connectivity index (χ2n) is 7.27. The van der Waals surface area contributed by atoms with Gasteiger partial charge in [-0.05, 0) is 64.7 Å². The number of nitrogens with two attached hydrogens (primary N) is 1. The van der Waals surface area contributed by atoms with E-state index in [1.54, 1.807) is 0 Å². The maximum absolute atomic E-state index is 6.59. The molecule has 2 N–H and O–H groups in total. The topological polar surface area (TPSA) is 35.2 Å². The minimum Gasteiger partial charge on any atom is -0.369 e. The van der Waals surface area contributed by atoms with Crippen LogP contribution in [0, 0.1) is 19.8 Å². The van der Waals surface area contributed by atoms with Gasteiger partial charge in [0, 0.05) is 16.4 Å². The van der Waals surface area contributed by atoms with Crippen LogP contribution in [0.3, 0.4) is 0 Å². The van der Waals surface area contributed by atoms with Crippen molar-refractivity contribution >= 4 is 15.9 Å². The zero-order valence-electron chi connectivity index (χ0n) is 13.4. The molecule has 0 aromatic heterocycles. The molecule has 0 saturated carbocycles. The Kier molecular flexibility index (Phi) is 4.09. The van der Waals surface area contributed by atoms with Crippen molar-refractivity contribution in [2.24, 2.45) is 11.7 Å². The zero-order valence-corrected chi connectivity index (χ0v) is 15.0. The van der Waals surface area contributed by atoms with Crippen LogP contribution in [0.5, 0.6) is 0 Å². The van der Waals surface area contributed by atoms with Crippen molar-refractivity contribution in [1.82, 2.24) is 0 Å². The Labute approximate surface area is 131 Å². The number of hydrogen-bond acceptors (Lipinski definition) is 2. The van der Waals surface area contributed by atoms with Gasteiger partial charge < -0.3 is 10.5 Å². The van der Waals surface area contributed by atoms with Gasteiger partial charge in [0.2, 0.25) is 0 Å². The highest BCUT2D eigenvalue weighted by Gasteiger charge is 2.48. The van der Waals surface area contributed by atoms with E-state index in [0.29, 0.717) is 5.92 Å². The summed E-state index contributed by atoms with van der Waals surface area (Å²) in [5.74, 6) is 0.331. The molecule has 1 aliphatic heterocycles. The molecule has 2 nitrogen and oxygen atoms in total. The van der Waals surface area contributed by atoms with Gasteiger partial charge in [0.05, 0.1) is 11.2 Å². The highest BCUT2D eigenvalue weighted by molar-refractivity contribution is 9.10. The molecule has 0 radical (unpaired) electrons. The summed E-state index contributed by atoms with van der Waals surface area (Å²) in [6.07, 6.45) is 0.995. The molecule has 1 aromatic carbocycles. The Morgan fingerprint density at radius 1 is 1.20 bits per heavy atom. The molecule has 1 heterocycles. The first-order chi connectivity index (χ1) is 9.03. The van der Waals surface area contributed by atoms with E-state index in [4.69, 9.17) is 10.5 Å². The third kappa shape index (κ3) is 2.95. The Hall–Kier alpha value is -0.380. The van der Waals surface area contributed by atoms with Crippen LogP contribution in [-0.2, 0) is 4.74 Å². The van der Waals surface area contributed by atoms with Crippen molar-refractivity contribution in [3.63, 3.8) is 0 Å². The summed E-state index contributed by atoms with van der Waals surface area (Å²) in [7, 11) is 0. The SMILES string of the molecule is Cc1cc(C(N)C2CC(C)(C)OC2(C)C)cc(C)c1Br. The second-order valence-corrected chi connectivity index (χ2v) is 8.06. The molecule has 0 aliphatic carbocycles. The first-order valence-corrected chi connectivity index (χ1v) is 8.05. The molecule has 20 heavy (non-hydrogen) atoms. The molecule has 3 heteroatoms. The molecule has 0 amide bonds. The first-order valence-electron chi connectivity index (χ1n) is 7.26. The lowest BCUT2D eigenvalue weighted by molar-refractivity contribution is -0.0767. The molecule has 1 fully saturated rings. The van der Waals surface area contributed by atoms with Crippen LogP contribution in [0.1, 0.15) is 56.8 Å². The van der Waals surface area contributed by atoms with Crippen molar-refractivity contribution in [3.8, 4) is 0 Å². The van der Waals surface area contributed by atoms with Crippen LogP contribution < -0.4 is 5.73 Å². The fourth-order valence-corrected chi connectivity index (χ4v) is 3.80. The fourth-order valence-electron chi connectivity index (χ4n) is 3.57. The van der Waals surface area contributed by atoms with Gasteiger partial charge in [0.25, 0.3) is 0 Å². The summed E-state index contributed by atoms with van der Waals surface area (Å²) in [4.78, 5) is 0. The third-order valence-electron chi connectivity index (χ3n) is 4.42. The summed E-state index contributed by atoms with van der Waals surface area (Å²) in [6, 6.07) is 4.41. The lowest BCUT2D eigenvalue weighted by atomic mass is 9.79. The van der Waals surface area contributed by atoms with Gasteiger partial charge in [-0.1, -0.05) is 28.1 Å². The van der Waals surface area contributed by atoms with Crippen molar-refractivity contribution < 1.29 is 4.74 Å². The predicted octanol–water partition coefficient (Wildman–Crippen LogP) is 4.66. The van der Waals surface area contributed by atoms with E-state index in [1.807, 2.05) is 0 Å². The minimum absolute atomic E-state index is 0.0114. The maximum Gasteiger partial charge on any atom is 0.0680 e. The van der Waals surface area contributed by atoms with Gasteiger partial charge in [-0.2, -0.15) is 0 Å². The summed E-state index contributed by atoms with van der Waals surface area (Å²) in [6.45, 7) is 12.9. The molecule has 112 valence electrons. The van der Waals surface area contributed by atoms with Gasteiger partial charge in [-0.25, -0.2) is 0 Å². The van der Waals surface area contributed by atoms with Crippen molar-refractivity contribution in [2.75, 3.05) is 0 Å². The lowest BCUT2D eigenvalue weighted by Gasteiger charge is -2.31. The molecule has 2 rings (SSSR count). The highest BCUT2D eigenvalue weighted by atomic mass is 79.9. The Morgan fingerprint density at radius 2 is 1.70 bits per heavy atom. The number of rotatable bonds is 2. The fraction of sp³-hybridized carbons (Fsp3) is 0.647. The largest absolute Gasteiger partial charge is 0.369 e. The first kappa shape index (κ1) is 16.0. The zero-order chi connectivity index (χ0) is 15.3. The predicted molar refractivity (Wildman–Crippen MR) is 87.9 cm³/mol. The average molecular weight is 340 g/mol. The molecule has 1 aliphatic rings. The van der Waals surface area contributed by atoms with E-state index in [0.717, 1.165) is 6.42 Å². The average Bonchev–Trinajstić information content (AvgIpc) is 2.52. The van der Waals surface area contributed by atoms with E-state index >= 15 is 0 Å². The van der Waals surface area contributed by atoms with Gasteiger partial charge in [-0.15, -0.1) is 0 Å². The summed E-state index contributed by atoms with van der Waals surface area (Å²) in [5.41, 5.74) is 10.0. The van der Waals surface area contributed by atoms with Crippen molar-refractivity contribution in [1.29, 1.82) is 0 Å². The van der Waals surface area contributed by atoms with Gasteiger partial charge >= 0.3 is 0 Å². The molecule has 1 saturated heterocycles. The van der Waals surface area contributed by atoms with E-state index < -0.39 is 0 Å². The molecular weight excluding hydrogens is 314 g/mol. The van der Waals surface area contributed by atoms with Crippen molar-refractivity contribution in [2.45, 2.75) is 65.2 Å². The molecule has 2 atom stereocenters. The number of benzene rings is 1. The number of aryl methyl sites for hydroxylation is 2. The number of ether oxygens (including phenoxy) is 1. The van der Waals surface area contributed by atoms with E-state index in [9.17, 15) is 0 Å². The monoisotopic (exact) mass is 339 g/mol. The number of hydrogen-bond donors (Lipinski definition) is 1. The molecular formula is C17H26BrNO. The molecule has 2 unspecified atom stereocenters. The van der Waals surface area contributed by atoms with Gasteiger partial charge in [0.15, 0.2) is 0 Å². The van der Waals surface area contributed by atoms with Crippen molar-refractivity contribution in [3.05, 3.63) is 33.3 Å². The van der Waals surface area contributed by atoms with Crippen LogP contribution in [0.4, 0.5) is 0 Å². The Bertz CT molecular complexity index is 499. The summed E-state index contributed by atoms with van der Waals surface area (Å²) < 4.78 is 7.36. The summed E-state index contributed by atoms with van der Waals surface area (Å²) >= 11 is 3.62. The number of halogens is 1. The quantitative estimate of drug-likeness (QED) is 0.850. The molecule has 1 aromatic rings. The van der Waals surface area contributed by atoms with E-state index in [2.05, 4.69) is 69.6 Å². The minimum atomic E-state index is -0.183. The third-order valence-corrected chi connectivity index (χ3v) is 5.67. The molecule has 0 bridgehead atoms. The normalized spacial score (nSPS) is 25.7. The van der Waals surface area contributed by atoms with E-state index in [1.165, 1.54) is 21.2 Å². The smallest absolute Gasteiger partial charge is 0.0680 e. The van der Waals surface area contributed by atoms with E-state index in [-0.39, 0.29) is 17.2 Å². The van der Waals surface area contributed by atoms with Crippen LogP contribution >= 0.6 is 15.9 Å². The summed E-state index contributed by atoms with van der Waals surface area (Å²) in [5, 5.41) is 0. The van der Waals surface area contributed by atoms with Crippen LogP contribution in [0.25, 0.3) is 0 Å². The van der Waals surface area contributed by atoms with Crippen LogP contribution in [0.15, 0.2) is 16.6 Å². The highest BCUT2D eigenvalue weighted by Crippen LogP contribution is 2.47. The lowest BCUT2D eigenvalue weighted by Crippen LogP contribution is -2.35. The van der Waals surface area contributed by atoms with Crippen LogP contribution in [-0.4, -0.2) is 11.2 Å². The Balaban J connectivity index is 2.35. The second kappa shape index (κ2) is 5.11. The van der Waals surface area contributed by atoms with Gasteiger partial charge in [-0.3, -0.25) is 0 Å². The maximum atomic E-state index is 6.59.